The molecule has 1 saturated heterocycles. The van der Waals surface area contributed by atoms with Crippen LogP contribution in [0.1, 0.15) is 38.3 Å². The molecule has 0 bridgehead atoms. The normalized spacial score (nSPS) is 15.1. The van der Waals surface area contributed by atoms with Crippen LogP contribution in [0.25, 0.3) is 0 Å². The first-order valence-corrected chi connectivity index (χ1v) is 11.4. The Bertz CT molecular complexity index is 1250. The molecule has 1 atom stereocenters. The molecule has 2 amide bonds. The molecule has 1 aliphatic heterocycles. The zero-order valence-electron chi connectivity index (χ0n) is 19.6. The molecule has 7 heteroatoms. The number of nitrogens with one attached hydrogen (secondary N) is 1. The number of para-hydroxylation sites is 1. The Morgan fingerprint density at radius 2 is 1.54 bits per heavy atom. The molecule has 0 aliphatic carbocycles. The first kappa shape index (κ1) is 23.9. The average molecular weight is 471 g/mol. The number of carbonyl (C=O) groups excluding carboxylic acids is 4. The maximum absolute atomic E-state index is 12.8. The molecule has 3 aromatic rings. The van der Waals surface area contributed by atoms with Crippen molar-refractivity contribution in [1.82, 2.24) is 0 Å². The van der Waals surface area contributed by atoms with Gasteiger partial charge in [0.1, 0.15) is 0 Å². The molecular formula is C28H26N2O5. The van der Waals surface area contributed by atoms with Gasteiger partial charge in [-0.1, -0.05) is 48.5 Å². The van der Waals surface area contributed by atoms with Crippen LogP contribution in [0.4, 0.5) is 11.4 Å². The Balaban J connectivity index is 1.33. The van der Waals surface area contributed by atoms with Crippen LogP contribution in [0.3, 0.4) is 0 Å². The molecule has 0 spiro atoms. The van der Waals surface area contributed by atoms with Gasteiger partial charge in [-0.05, 0) is 49.2 Å². The second-order valence-corrected chi connectivity index (χ2v) is 8.58. The van der Waals surface area contributed by atoms with Crippen LogP contribution in [0.2, 0.25) is 0 Å². The van der Waals surface area contributed by atoms with Crippen LogP contribution in [-0.4, -0.2) is 36.7 Å². The van der Waals surface area contributed by atoms with E-state index in [0.29, 0.717) is 17.8 Å². The zero-order valence-corrected chi connectivity index (χ0v) is 19.6. The quantitative estimate of drug-likeness (QED) is 0.410. The van der Waals surface area contributed by atoms with Crippen LogP contribution in [0.5, 0.6) is 0 Å². The van der Waals surface area contributed by atoms with Gasteiger partial charge in [-0.2, -0.15) is 0 Å². The van der Waals surface area contributed by atoms with Crippen LogP contribution in [0, 0.1) is 19.8 Å². The average Bonchev–Trinajstić information content (AvgIpc) is 3.24. The fourth-order valence-corrected chi connectivity index (χ4v) is 4.19. The van der Waals surface area contributed by atoms with Crippen molar-refractivity contribution < 1.29 is 23.9 Å². The summed E-state index contributed by atoms with van der Waals surface area (Å²) < 4.78 is 5.11. The molecule has 1 fully saturated rings. The molecule has 0 radical (unpaired) electrons. The van der Waals surface area contributed by atoms with Crippen molar-refractivity contribution in [2.45, 2.75) is 20.3 Å². The lowest BCUT2D eigenvalue weighted by Gasteiger charge is -2.21. The second-order valence-electron chi connectivity index (χ2n) is 8.58. The molecule has 1 heterocycles. The number of carbonyl (C=O) groups is 4. The van der Waals surface area contributed by atoms with E-state index in [-0.39, 0.29) is 36.2 Å². The third-order valence-corrected chi connectivity index (χ3v) is 6.02. The Kier molecular flexibility index (Phi) is 7.06. The minimum Gasteiger partial charge on any atom is -0.454 e. The lowest BCUT2D eigenvalue weighted by Crippen LogP contribution is -2.29. The summed E-state index contributed by atoms with van der Waals surface area (Å²) in [6.07, 6.45) is 0.138. The monoisotopic (exact) mass is 470 g/mol. The molecule has 0 saturated carbocycles. The minimum atomic E-state index is -0.627. The maximum atomic E-state index is 12.8. The lowest BCUT2D eigenvalue weighted by atomic mass is 10.1. The number of amides is 2. The van der Waals surface area contributed by atoms with Gasteiger partial charge in [-0.3, -0.25) is 14.4 Å². The molecular weight excluding hydrogens is 444 g/mol. The van der Waals surface area contributed by atoms with Gasteiger partial charge >= 0.3 is 5.97 Å². The van der Waals surface area contributed by atoms with Crippen LogP contribution in [0.15, 0.2) is 72.8 Å². The van der Waals surface area contributed by atoms with E-state index in [1.165, 1.54) is 12.1 Å². The van der Waals surface area contributed by atoms with Gasteiger partial charge in [0.05, 0.1) is 11.5 Å². The van der Waals surface area contributed by atoms with E-state index >= 15 is 0 Å². The lowest BCUT2D eigenvalue weighted by molar-refractivity contribution is -0.122. The Hall–Kier alpha value is -4.26. The van der Waals surface area contributed by atoms with Gasteiger partial charge in [0, 0.05) is 29.9 Å². The standard InChI is InChI=1S/C28H26N2O5/c1-18-7-6-8-19(2)26(18)30-16-22(15-25(30)32)27(33)29-23-13-11-21(12-14-23)28(34)35-17-24(31)20-9-4-3-5-10-20/h3-14,22H,15-17H2,1-2H3,(H,29,33)/t22-/m1/s1. The molecule has 0 unspecified atom stereocenters. The van der Waals surface area contributed by atoms with Crippen molar-refractivity contribution in [2.24, 2.45) is 5.92 Å². The Morgan fingerprint density at radius 1 is 0.886 bits per heavy atom. The van der Waals surface area contributed by atoms with E-state index in [9.17, 15) is 19.2 Å². The van der Waals surface area contributed by atoms with Crippen molar-refractivity contribution in [2.75, 3.05) is 23.4 Å². The number of ketones is 1. The molecule has 4 rings (SSSR count). The van der Waals surface area contributed by atoms with E-state index in [2.05, 4.69) is 5.32 Å². The predicted molar refractivity (Wildman–Crippen MR) is 133 cm³/mol. The molecule has 1 N–H and O–H groups in total. The molecule has 7 nitrogen and oxygen atoms in total. The zero-order chi connectivity index (χ0) is 24.9. The van der Waals surface area contributed by atoms with Gasteiger partial charge in [0.2, 0.25) is 11.8 Å². The summed E-state index contributed by atoms with van der Waals surface area (Å²) in [5.74, 6) is -1.72. The van der Waals surface area contributed by atoms with E-state index in [1.54, 1.807) is 47.4 Å². The first-order valence-electron chi connectivity index (χ1n) is 11.4. The maximum Gasteiger partial charge on any atom is 0.338 e. The Labute approximate surface area is 203 Å². The van der Waals surface area contributed by atoms with Gasteiger partial charge in [0.25, 0.3) is 0 Å². The van der Waals surface area contributed by atoms with E-state index in [1.807, 2.05) is 32.0 Å². The van der Waals surface area contributed by atoms with Crippen molar-refractivity contribution in [1.29, 1.82) is 0 Å². The van der Waals surface area contributed by atoms with Gasteiger partial charge in [-0.15, -0.1) is 0 Å². The molecule has 178 valence electrons. The van der Waals surface area contributed by atoms with Crippen molar-refractivity contribution in [3.8, 4) is 0 Å². The van der Waals surface area contributed by atoms with E-state index in [4.69, 9.17) is 4.74 Å². The van der Waals surface area contributed by atoms with Crippen LogP contribution >= 0.6 is 0 Å². The van der Waals surface area contributed by atoms with Crippen LogP contribution in [-0.2, 0) is 14.3 Å². The number of anilines is 2. The van der Waals surface area contributed by atoms with Gasteiger partial charge in [0.15, 0.2) is 12.4 Å². The van der Waals surface area contributed by atoms with Gasteiger partial charge < -0.3 is 15.0 Å². The molecule has 1 aliphatic rings. The topological polar surface area (TPSA) is 92.8 Å². The minimum absolute atomic E-state index is 0.0781. The predicted octanol–water partition coefficient (Wildman–Crippen LogP) is 4.33. The number of ether oxygens (including phenoxy) is 1. The fraction of sp³-hybridized carbons (Fsp3) is 0.214. The number of benzene rings is 3. The summed E-state index contributed by atoms with van der Waals surface area (Å²) in [6.45, 7) is 3.87. The molecule has 3 aromatic carbocycles. The molecule has 35 heavy (non-hydrogen) atoms. The van der Waals surface area contributed by atoms with Crippen molar-refractivity contribution in [3.63, 3.8) is 0 Å². The summed E-state index contributed by atoms with van der Waals surface area (Å²) >= 11 is 0. The molecule has 0 aromatic heterocycles. The van der Waals surface area contributed by atoms with Crippen LogP contribution < -0.4 is 10.2 Å². The highest BCUT2D eigenvalue weighted by Crippen LogP contribution is 2.31. The highest BCUT2D eigenvalue weighted by atomic mass is 16.5. The smallest absolute Gasteiger partial charge is 0.338 e. The third-order valence-electron chi connectivity index (χ3n) is 6.02. The summed E-state index contributed by atoms with van der Waals surface area (Å²) in [6, 6.07) is 20.7. The number of hydrogen-bond donors (Lipinski definition) is 1. The summed E-state index contributed by atoms with van der Waals surface area (Å²) in [4.78, 5) is 51.5. The van der Waals surface area contributed by atoms with Crippen molar-refractivity contribution in [3.05, 3.63) is 95.1 Å². The van der Waals surface area contributed by atoms with E-state index in [0.717, 1.165) is 16.8 Å². The van der Waals surface area contributed by atoms with Crippen molar-refractivity contribution >= 4 is 34.9 Å². The number of esters is 1. The second kappa shape index (κ2) is 10.3. The number of aryl methyl sites for hydroxylation is 2. The highest BCUT2D eigenvalue weighted by Gasteiger charge is 2.36. The number of hydrogen-bond acceptors (Lipinski definition) is 5. The third kappa shape index (κ3) is 5.46. The first-order chi connectivity index (χ1) is 16.8. The number of nitrogens with zero attached hydrogens (tertiary/aromatic N) is 1. The summed E-state index contributed by atoms with van der Waals surface area (Å²) in [7, 11) is 0. The largest absolute Gasteiger partial charge is 0.454 e. The fourth-order valence-electron chi connectivity index (χ4n) is 4.19. The Morgan fingerprint density at radius 3 is 2.20 bits per heavy atom. The SMILES string of the molecule is Cc1cccc(C)c1N1C[C@H](C(=O)Nc2ccc(C(=O)OCC(=O)c3ccccc3)cc2)CC1=O. The van der Waals surface area contributed by atoms with Gasteiger partial charge in [-0.25, -0.2) is 4.79 Å². The van der Waals surface area contributed by atoms with E-state index < -0.39 is 11.9 Å². The summed E-state index contributed by atoms with van der Waals surface area (Å²) in [5, 5.41) is 2.82. The number of rotatable bonds is 7. The number of Topliss-reactive ketones (excluding diaryl/α,β-unsaturated/α-hetero) is 1. The summed E-state index contributed by atoms with van der Waals surface area (Å²) in [5.41, 5.74) is 4.09. The highest BCUT2D eigenvalue weighted by molar-refractivity contribution is 6.04.